The molecule has 1 aromatic rings. The molecule has 0 saturated heterocycles. The van der Waals surface area contributed by atoms with Gasteiger partial charge in [-0.1, -0.05) is 22.9 Å². The summed E-state index contributed by atoms with van der Waals surface area (Å²) in [6.07, 6.45) is -4.41. The summed E-state index contributed by atoms with van der Waals surface area (Å²) in [5, 5.41) is 2.68. The second kappa shape index (κ2) is 6.56. The van der Waals surface area contributed by atoms with E-state index in [1.165, 1.54) is 12.1 Å². The predicted molar refractivity (Wildman–Crippen MR) is 71.2 cm³/mol. The van der Waals surface area contributed by atoms with Crippen molar-refractivity contribution >= 4 is 32.4 Å². The Morgan fingerprint density at radius 2 is 2.06 bits per heavy atom. The number of nitrogens with one attached hydrogen (secondary N) is 1. The highest BCUT2D eigenvalue weighted by Crippen LogP contribution is 2.36. The summed E-state index contributed by atoms with van der Waals surface area (Å²) < 4.78 is 49.8. The fraction of sp³-hybridized carbons (Fsp3) is 0.455. The van der Waals surface area contributed by atoms with E-state index < -0.39 is 22.5 Å². The molecular weight excluding hydrogens is 331 g/mol. The minimum Gasteiger partial charge on any atom is -0.384 e. The minimum atomic E-state index is -4.41. The van der Waals surface area contributed by atoms with Gasteiger partial charge >= 0.3 is 6.18 Å². The van der Waals surface area contributed by atoms with Crippen LogP contribution in [0.25, 0.3) is 0 Å². The van der Waals surface area contributed by atoms with E-state index in [0.29, 0.717) is 16.0 Å². The quantitative estimate of drug-likeness (QED) is 0.884. The Labute approximate surface area is 115 Å². The molecule has 0 fully saturated rings. The molecule has 1 N–H and O–H groups in total. The van der Waals surface area contributed by atoms with Gasteiger partial charge in [-0.05, 0) is 18.2 Å². The number of benzene rings is 1. The van der Waals surface area contributed by atoms with Gasteiger partial charge in [0.1, 0.15) is 0 Å². The van der Waals surface area contributed by atoms with E-state index >= 15 is 0 Å². The molecule has 0 aliphatic carbocycles. The molecule has 0 aromatic heterocycles. The first-order chi connectivity index (χ1) is 8.34. The van der Waals surface area contributed by atoms with E-state index in [1.54, 1.807) is 6.92 Å². The first-order valence-electron chi connectivity index (χ1n) is 5.30. The zero-order valence-electron chi connectivity index (χ0n) is 9.68. The Morgan fingerprint density at radius 1 is 1.39 bits per heavy atom. The molecule has 0 aliphatic heterocycles. The van der Waals surface area contributed by atoms with Crippen LogP contribution in [0.4, 0.5) is 18.9 Å². The molecule has 0 bridgehead atoms. The zero-order chi connectivity index (χ0) is 13.8. The summed E-state index contributed by atoms with van der Waals surface area (Å²) in [7, 11) is -0.986. The minimum absolute atomic E-state index is 0.0128. The highest BCUT2D eigenvalue weighted by atomic mass is 79.9. The third-order valence-electron chi connectivity index (χ3n) is 2.25. The number of rotatable bonds is 5. The van der Waals surface area contributed by atoms with E-state index in [4.69, 9.17) is 0 Å². The van der Waals surface area contributed by atoms with Gasteiger partial charge in [0.2, 0.25) is 0 Å². The largest absolute Gasteiger partial charge is 0.418 e. The molecule has 1 aromatic carbocycles. The van der Waals surface area contributed by atoms with Gasteiger partial charge in [0, 0.05) is 39.0 Å². The number of hydrogen-bond donors (Lipinski definition) is 1. The van der Waals surface area contributed by atoms with Crippen LogP contribution in [0.3, 0.4) is 0 Å². The van der Waals surface area contributed by atoms with Gasteiger partial charge in [-0.15, -0.1) is 0 Å². The van der Waals surface area contributed by atoms with Crippen LogP contribution in [0.5, 0.6) is 0 Å². The molecule has 0 saturated carbocycles. The molecule has 0 spiro atoms. The van der Waals surface area contributed by atoms with Crippen LogP contribution in [0.15, 0.2) is 22.7 Å². The van der Waals surface area contributed by atoms with E-state index in [0.717, 1.165) is 6.07 Å². The van der Waals surface area contributed by atoms with Crippen molar-refractivity contribution in [2.45, 2.75) is 13.1 Å². The van der Waals surface area contributed by atoms with Gasteiger partial charge in [0.05, 0.1) is 5.56 Å². The van der Waals surface area contributed by atoms with E-state index in [9.17, 15) is 17.4 Å². The van der Waals surface area contributed by atoms with Crippen molar-refractivity contribution in [1.82, 2.24) is 0 Å². The highest BCUT2D eigenvalue weighted by Gasteiger charge is 2.33. The molecule has 102 valence electrons. The zero-order valence-corrected chi connectivity index (χ0v) is 12.1. The van der Waals surface area contributed by atoms with Crippen molar-refractivity contribution in [2.75, 3.05) is 23.4 Å². The number of alkyl halides is 3. The van der Waals surface area contributed by atoms with Crippen LogP contribution >= 0.6 is 15.9 Å². The molecule has 1 rings (SSSR count). The van der Waals surface area contributed by atoms with Crippen molar-refractivity contribution < 1.29 is 17.4 Å². The normalized spacial score (nSPS) is 13.4. The summed E-state index contributed by atoms with van der Waals surface area (Å²) in [4.78, 5) is 0. The summed E-state index contributed by atoms with van der Waals surface area (Å²) in [5.41, 5.74) is -0.710. The lowest BCUT2D eigenvalue weighted by atomic mass is 10.1. The lowest BCUT2D eigenvalue weighted by Gasteiger charge is -2.14. The maximum absolute atomic E-state index is 12.8. The Bertz CT molecular complexity index is 437. The first kappa shape index (κ1) is 15.5. The fourth-order valence-electron chi connectivity index (χ4n) is 1.35. The van der Waals surface area contributed by atoms with Crippen LogP contribution in [0.1, 0.15) is 12.5 Å². The van der Waals surface area contributed by atoms with Crippen LogP contribution in [-0.2, 0) is 17.0 Å². The SMILES string of the molecule is CCS(=O)CCNc1ccc(Br)cc1C(F)(F)F. The van der Waals surface area contributed by atoms with Crippen LogP contribution in [0, 0.1) is 0 Å². The number of anilines is 1. The number of halogens is 4. The van der Waals surface area contributed by atoms with Crippen LogP contribution in [-0.4, -0.2) is 22.3 Å². The second-order valence-corrected chi connectivity index (χ2v) is 6.33. The third kappa shape index (κ3) is 4.61. The van der Waals surface area contributed by atoms with E-state index in [1.807, 2.05) is 0 Å². The van der Waals surface area contributed by atoms with Gasteiger partial charge in [-0.3, -0.25) is 4.21 Å². The Hall–Kier alpha value is -0.560. The second-order valence-electron chi connectivity index (χ2n) is 3.55. The summed E-state index contributed by atoms with van der Waals surface area (Å²) in [5.74, 6) is 0.845. The molecule has 7 heteroatoms. The predicted octanol–water partition coefficient (Wildman–Crippen LogP) is 3.65. The standard InChI is InChI=1S/C11H13BrF3NOS/c1-2-18(17)6-5-16-10-4-3-8(12)7-9(10)11(13,14)15/h3-4,7,16H,2,5-6H2,1H3. The van der Waals surface area contributed by atoms with Crippen molar-refractivity contribution in [3.05, 3.63) is 28.2 Å². The molecule has 18 heavy (non-hydrogen) atoms. The van der Waals surface area contributed by atoms with Crippen molar-refractivity contribution in [1.29, 1.82) is 0 Å². The van der Waals surface area contributed by atoms with Gasteiger partial charge in [-0.25, -0.2) is 0 Å². The topological polar surface area (TPSA) is 29.1 Å². The molecule has 0 heterocycles. The Balaban J connectivity index is 2.79. The molecule has 2 nitrogen and oxygen atoms in total. The molecule has 1 atom stereocenters. The average molecular weight is 344 g/mol. The average Bonchev–Trinajstić information content (AvgIpc) is 2.29. The van der Waals surface area contributed by atoms with Gasteiger partial charge in [0.25, 0.3) is 0 Å². The van der Waals surface area contributed by atoms with E-state index in [-0.39, 0.29) is 12.2 Å². The van der Waals surface area contributed by atoms with E-state index in [2.05, 4.69) is 21.2 Å². The first-order valence-corrected chi connectivity index (χ1v) is 7.58. The molecule has 0 radical (unpaired) electrons. The summed E-state index contributed by atoms with van der Waals surface area (Å²) in [6, 6.07) is 3.93. The fourth-order valence-corrected chi connectivity index (χ4v) is 2.33. The molecular formula is C11H13BrF3NOS. The van der Waals surface area contributed by atoms with Crippen LogP contribution in [0.2, 0.25) is 0 Å². The highest BCUT2D eigenvalue weighted by molar-refractivity contribution is 9.10. The number of hydrogen-bond acceptors (Lipinski definition) is 2. The monoisotopic (exact) mass is 343 g/mol. The van der Waals surface area contributed by atoms with Crippen molar-refractivity contribution in [3.63, 3.8) is 0 Å². The van der Waals surface area contributed by atoms with Crippen molar-refractivity contribution in [2.24, 2.45) is 0 Å². The maximum atomic E-state index is 12.8. The lowest BCUT2D eigenvalue weighted by Crippen LogP contribution is -2.15. The summed E-state index contributed by atoms with van der Waals surface area (Å²) >= 11 is 3.01. The van der Waals surface area contributed by atoms with Gasteiger partial charge in [0.15, 0.2) is 0 Å². The third-order valence-corrected chi connectivity index (χ3v) is 4.05. The van der Waals surface area contributed by atoms with Gasteiger partial charge < -0.3 is 5.32 Å². The maximum Gasteiger partial charge on any atom is 0.418 e. The Morgan fingerprint density at radius 3 is 2.61 bits per heavy atom. The lowest BCUT2D eigenvalue weighted by molar-refractivity contribution is -0.137. The van der Waals surface area contributed by atoms with Crippen LogP contribution < -0.4 is 5.32 Å². The molecule has 0 aliphatic rings. The molecule has 1 unspecified atom stereocenters. The molecule has 0 amide bonds. The Kier molecular flexibility index (Phi) is 5.65. The smallest absolute Gasteiger partial charge is 0.384 e. The van der Waals surface area contributed by atoms with Gasteiger partial charge in [-0.2, -0.15) is 13.2 Å². The van der Waals surface area contributed by atoms with Crippen molar-refractivity contribution in [3.8, 4) is 0 Å². The summed E-state index contributed by atoms with van der Waals surface area (Å²) in [6.45, 7) is 2.03.